The van der Waals surface area contributed by atoms with Gasteiger partial charge >= 0.3 is 0 Å². The van der Waals surface area contributed by atoms with Crippen molar-refractivity contribution in [1.82, 2.24) is 20.3 Å². The minimum absolute atomic E-state index is 0.0906. The van der Waals surface area contributed by atoms with Crippen molar-refractivity contribution in [3.8, 4) is 11.5 Å². The van der Waals surface area contributed by atoms with E-state index < -0.39 is 0 Å². The van der Waals surface area contributed by atoms with E-state index >= 15 is 0 Å². The standard InChI is InChI=1S/C25H23ClN4O/c1-17-27-24(30-31-17)23-13-12-22(28-29-23)16-18-4-6-19(7-5-18)25(14-2-3-15-25)20-8-10-21(26)11-9-20/h4-13H,2-3,14-16H2,1H3. The molecule has 0 N–H and O–H groups in total. The van der Waals surface area contributed by atoms with Gasteiger partial charge in [0, 0.05) is 23.8 Å². The Morgan fingerprint density at radius 1 is 0.871 bits per heavy atom. The summed E-state index contributed by atoms with van der Waals surface area (Å²) in [6.45, 7) is 1.75. The summed E-state index contributed by atoms with van der Waals surface area (Å²) in [6.07, 6.45) is 5.60. The monoisotopic (exact) mass is 430 g/mol. The Labute approximate surface area is 186 Å². The van der Waals surface area contributed by atoms with Crippen LogP contribution in [0.3, 0.4) is 0 Å². The number of nitrogens with zero attached hydrogens (tertiary/aromatic N) is 4. The number of benzene rings is 2. The molecule has 0 amide bonds. The first-order chi connectivity index (χ1) is 15.1. The van der Waals surface area contributed by atoms with Crippen LogP contribution in [0.5, 0.6) is 0 Å². The molecule has 0 atom stereocenters. The van der Waals surface area contributed by atoms with Crippen molar-refractivity contribution in [3.05, 3.63) is 94.0 Å². The molecule has 5 nitrogen and oxygen atoms in total. The molecule has 2 aromatic heterocycles. The van der Waals surface area contributed by atoms with Gasteiger partial charge in [-0.15, -0.1) is 5.10 Å². The summed E-state index contributed by atoms with van der Waals surface area (Å²) >= 11 is 6.13. The molecule has 31 heavy (non-hydrogen) atoms. The second-order valence-corrected chi connectivity index (χ2v) is 8.65. The molecular formula is C25H23ClN4O. The Morgan fingerprint density at radius 2 is 1.55 bits per heavy atom. The Morgan fingerprint density at radius 3 is 2.13 bits per heavy atom. The summed E-state index contributed by atoms with van der Waals surface area (Å²) in [5.41, 5.74) is 5.57. The molecule has 0 radical (unpaired) electrons. The Kier molecular flexibility index (Phi) is 5.28. The molecule has 0 spiro atoms. The second-order valence-electron chi connectivity index (χ2n) is 8.22. The lowest BCUT2D eigenvalue weighted by Crippen LogP contribution is -2.23. The maximum absolute atomic E-state index is 6.13. The quantitative estimate of drug-likeness (QED) is 0.392. The molecular weight excluding hydrogens is 408 g/mol. The van der Waals surface area contributed by atoms with Gasteiger partial charge in [0.1, 0.15) is 5.69 Å². The van der Waals surface area contributed by atoms with Crippen LogP contribution in [0.15, 0.2) is 65.2 Å². The van der Waals surface area contributed by atoms with Crippen molar-refractivity contribution in [2.24, 2.45) is 0 Å². The van der Waals surface area contributed by atoms with Crippen molar-refractivity contribution >= 4 is 11.6 Å². The van der Waals surface area contributed by atoms with Crippen LogP contribution < -0.4 is 0 Å². The number of halogens is 1. The van der Waals surface area contributed by atoms with Gasteiger partial charge in [0.15, 0.2) is 0 Å². The predicted octanol–water partition coefficient (Wildman–Crippen LogP) is 5.94. The molecule has 0 bridgehead atoms. The Bertz CT molecular complexity index is 1160. The van der Waals surface area contributed by atoms with Crippen molar-refractivity contribution in [2.75, 3.05) is 0 Å². The Hall–Kier alpha value is -3.05. The molecule has 2 heterocycles. The third kappa shape index (κ3) is 3.98. The zero-order valence-electron chi connectivity index (χ0n) is 17.4. The van der Waals surface area contributed by atoms with E-state index in [0.29, 0.717) is 17.4 Å². The summed E-state index contributed by atoms with van der Waals surface area (Å²) in [7, 11) is 0. The lowest BCUT2D eigenvalue weighted by Gasteiger charge is -2.31. The highest BCUT2D eigenvalue weighted by Crippen LogP contribution is 2.46. The summed E-state index contributed by atoms with van der Waals surface area (Å²) in [5.74, 6) is 0.976. The molecule has 1 fully saturated rings. The summed E-state index contributed by atoms with van der Waals surface area (Å²) < 4.78 is 5.01. The van der Waals surface area contributed by atoms with E-state index in [1.54, 1.807) is 6.92 Å². The third-order valence-electron chi connectivity index (χ3n) is 6.22. The van der Waals surface area contributed by atoms with Crippen LogP contribution >= 0.6 is 11.6 Å². The van der Waals surface area contributed by atoms with Crippen molar-refractivity contribution in [3.63, 3.8) is 0 Å². The number of aryl methyl sites for hydroxylation is 1. The van der Waals surface area contributed by atoms with Gasteiger partial charge in [-0.05, 0) is 53.8 Å². The molecule has 2 aromatic carbocycles. The fraction of sp³-hybridized carbons (Fsp3) is 0.280. The minimum atomic E-state index is 0.0906. The lowest BCUT2D eigenvalue weighted by atomic mass is 9.73. The smallest absolute Gasteiger partial charge is 0.223 e. The first-order valence-corrected chi connectivity index (χ1v) is 11.0. The molecule has 0 unspecified atom stereocenters. The fourth-order valence-corrected chi connectivity index (χ4v) is 4.74. The first-order valence-electron chi connectivity index (χ1n) is 10.6. The number of hydrogen-bond acceptors (Lipinski definition) is 5. The van der Waals surface area contributed by atoms with Crippen molar-refractivity contribution in [2.45, 2.75) is 44.4 Å². The summed E-state index contributed by atoms with van der Waals surface area (Å²) in [5, 5.41) is 13.3. The van der Waals surface area contributed by atoms with Crippen LogP contribution in [0.4, 0.5) is 0 Å². The van der Waals surface area contributed by atoms with E-state index in [2.05, 4.69) is 56.7 Å². The number of rotatable bonds is 5. The highest BCUT2D eigenvalue weighted by molar-refractivity contribution is 6.30. The van der Waals surface area contributed by atoms with Crippen molar-refractivity contribution < 1.29 is 4.52 Å². The first kappa shape index (κ1) is 19.9. The highest BCUT2D eigenvalue weighted by atomic mass is 35.5. The minimum Gasteiger partial charge on any atom is -0.339 e. The van der Waals surface area contributed by atoms with E-state index in [1.165, 1.54) is 42.4 Å². The average Bonchev–Trinajstić information content (AvgIpc) is 3.46. The summed E-state index contributed by atoms with van der Waals surface area (Å²) in [6, 6.07) is 21.2. The van der Waals surface area contributed by atoms with E-state index in [-0.39, 0.29) is 5.41 Å². The fourth-order valence-electron chi connectivity index (χ4n) is 4.62. The van der Waals surface area contributed by atoms with Gasteiger partial charge in [-0.25, -0.2) is 0 Å². The van der Waals surface area contributed by atoms with E-state index in [4.69, 9.17) is 16.1 Å². The van der Waals surface area contributed by atoms with Crippen LogP contribution in [-0.4, -0.2) is 20.3 Å². The van der Waals surface area contributed by atoms with Gasteiger partial charge in [0.2, 0.25) is 11.7 Å². The second kappa shape index (κ2) is 8.23. The molecule has 0 saturated heterocycles. The normalized spacial score (nSPS) is 15.3. The van der Waals surface area contributed by atoms with Gasteiger partial charge in [0.25, 0.3) is 0 Å². The molecule has 0 aliphatic heterocycles. The third-order valence-corrected chi connectivity index (χ3v) is 6.47. The molecule has 5 rings (SSSR count). The summed E-state index contributed by atoms with van der Waals surface area (Å²) in [4.78, 5) is 4.19. The molecule has 1 saturated carbocycles. The van der Waals surface area contributed by atoms with Crippen LogP contribution in [0.2, 0.25) is 5.02 Å². The predicted molar refractivity (Wildman–Crippen MR) is 120 cm³/mol. The van der Waals surface area contributed by atoms with Crippen molar-refractivity contribution in [1.29, 1.82) is 0 Å². The maximum atomic E-state index is 6.13. The topological polar surface area (TPSA) is 64.7 Å². The molecule has 156 valence electrons. The molecule has 4 aromatic rings. The molecule has 1 aliphatic rings. The highest BCUT2D eigenvalue weighted by Gasteiger charge is 2.37. The van der Waals surface area contributed by atoms with Crippen LogP contribution in [-0.2, 0) is 11.8 Å². The SMILES string of the molecule is Cc1nc(-c2ccc(Cc3ccc(C4(c5ccc(Cl)cc5)CCCC4)cc3)nn2)no1. The van der Waals surface area contributed by atoms with Gasteiger partial charge in [0.05, 0.1) is 5.69 Å². The zero-order chi connectivity index (χ0) is 21.3. The molecule has 1 aliphatic carbocycles. The van der Waals surface area contributed by atoms with Gasteiger partial charge in [-0.3, -0.25) is 0 Å². The van der Waals surface area contributed by atoms with E-state index in [1.807, 2.05) is 24.3 Å². The van der Waals surface area contributed by atoms with Crippen LogP contribution in [0.1, 0.15) is 54.0 Å². The van der Waals surface area contributed by atoms with Crippen LogP contribution in [0, 0.1) is 6.92 Å². The Balaban J connectivity index is 1.35. The van der Waals surface area contributed by atoms with Gasteiger partial charge in [-0.2, -0.15) is 10.1 Å². The lowest BCUT2D eigenvalue weighted by molar-refractivity contribution is 0.394. The number of aromatic nitrogens is 4. The van der Waals surface area contributed by atoms with E-state index in [9.17, 15) is 0 Å². The number of hydrogen-bond donors (Lipinski definition) is 0. The largest absolute Gasteiger partial charge is 0.339 e. The molecule has 6 heteroatoms. The van der Waals surface area contributed by atoms with Crippen LogP contribution in [0.25, 0.3) is 11.5 Å². The maximum Gasteiger partial charge on any atom is 0.223 e. The van der Waals surface area contributed by atoms with E-state index in [0.717, 1.165) is 17.1 Å². The van der Waals surface area contributed by atoms with Gasteiger partial charge in [-0.1, -0.05) is 66.0 Å². The zero-order valence-corrected chi connectivity index (χ0v) is 18.1. The van der Waals surface area contributed by atoms with Gasteiger partial charge < -0.3 is 4.52 Å². The average molecular weight is 431 g/mol.